The second-order valence-corrected chi connectivity index (χ2v) is 8.46. The van der Waals surface area contributed by atoms with Crippen LogP contribution in [0.3, 0.4) is 0 Å². The zero-order valence-electron chi connectivity index (χ0n) is 15.7. The van der Waals surface area contributed by atoms with Gasteiger partial charge in [0.2, 0.25) is 5.91 Å². The maximum Gasteiger partial charge on any atom is 0.324 e. The second-order valence-electron chi connectivity index (χ2n) is 6.55. The van der Waals surface area contributed by atoms with Crippen molar-refractivity contribution in [2.75, 3.05) is 18.8 Å². The first-order valence-corrected chi connectivity index (χ1v) is 10.9. The van der Waals surface area contributed by atoms with Crippen LogP contribution in [0.25, 0.3) is 11.4 Å². The monoisotopic (exact) mass is 461 g/mol. The Bertz CT molecular complexity index is 1070. The Morgan fingerprint density at radius 3 is 2.57 bits per heavy atom. The van der Waals surface area contributed by atoms with Crippen molar-refractivity contribution in [1.29, 1.82) is 0 Å². The van der Waals surface area contributed by atoms with Gasteiger partial charge in [-0.3, -0.25) is 14.3 Å². The number of hydrogen-bond acceptors (Lipinski definition) is 5. The fourth-order valence-electron chi connectivity index (χ4n) is 3.08. The van der Waals surface area contributed by atoms with Gasteiger partial charge < -0.3 is 5.32 Å². The summed E-state index contributed by atoms with van der Waals surface area (Å²) in [5.74, 6) is 0.901. The maximum absolute atomic E-state index is 11.8. The number of urea groups is 1. The molecular weight excluding hydrogens is 445 g/mol. The van der Waals surface area contributed by atoms with Gasteiger partial charge in [0.05, 0.1) is 18.1 Å². The van der Waals surface area contributed by atoms with E-state index in [0.29, 0.717) is 39.9 Å². The van der Waals surface area contributed by atoms with Gasteiger partial charge in [-0.2, -0.15) is 0 Å². The zero-order chi connectivity index (χ0) is 21.1. The largest absolute Gasteiger partial charge is 0.329 e. The smallest absolute Gasteiger partial charge is 0.324 e. The van der Waals surface area contributed by atoms with Crippen LogP contribution in [-0.4, -0.2) is 50.4 Å². The van der Waals surface area contributed by atoms with E-state index in [4.69, 9.17) is 23.2 Å². The average Bonchev–Trinajstić information content (AvgIpc) is 3.26. The second kappa shape index (κ2) is 9.07. The van der Waals surface area contributed by atoms with Crippen LogP contribution < -0.4 is 5.32 Å². The molecule has 0 radical (unpaired) electrons. The predicted octanol–water partition coefficient (Wildman–Crippen LogP) is 3.94. The number of halogens is 2. The van der Waals surface area contributed by atoms with Crippen LogP contribution in [0.2, 0.25) is 10.0 Å². The Morgan fingerprint density at radius 1 is 1.07 bits per heavy atom. The Labute approximate surface area is 187 Å². The minimum atomic E-state index is -0.361. The van der Waals surface area contributed by atoms with E-state index >= 15 is 0 Å². The molecule has 154 valence electrons. The summed E-state index contributed by atoms with van der Waals surface area (Å²) in [6, 6.07) is 14.8. The van der Waals surface area contributed by atoms with Gasteiger partial charge in [-0.15, -0.1) is 10.2 Å². The van der Waals surface area contributed by atoms with Crippen molar-refractivity contribution < 1.29 is 9.59 Å². The molecule has 0 unspecified atom stereocenters. The summed E-state index contributed by atoms with van der Waals surface area (Å²) in [5, 5.41) is 12.9. The lowest BCUT2D eigenvalue weighted by atomic mass is 10.2. The lowest BCUT2D eigenvalue weighted by Crippen LogP contribution is -2.32. The SMILES string of the molecule is O=C1CNC(=O)N1CCSc1nnc(-c2ccc(Cl)cc2Cl)n1Cc1ccccc1. The molecule has 1 aromatic heterocycles. The van der Waals surface area contributed by atoms with Crippen LogP contribution in [-0.2, 0) is 11.3 Å². The Hall–Kier alpha value is -2.55. The molecule has 4 rings (SSSR count). The van der Waals surface area contributed by atoms with Crippen molar-refractivity contribution in [3.63, 3.8) is 0 Å². The lowest BCUT2D eigenvalue weighted by molar-refractivity contribution is -0.124. The molecule has 0 atom stereocenters. The molecule has 3 amide bonds. The zero-order valence-corrected chi connectivity index (χ0v) is 18.0. The number of carbonyl (C=O) groups is 2. The maximum atomic E-state index is 11.8. The predicted molar refractivity (Wildman–Crippen MR) is 117 cm³/mol. The number of aromatic nitrogens is 3. The summed E-state index contributed by atoms with van der Waals surface area (Å²) in [4.78, 5) is 24.7. The number of nitrogens with zero attached hydrogens (tertiary/aromatic N) is 4. The van der Waals surface area contributed by atoms with E-state index in [2.05, 4.69) is 15.5 Å². The number of benzene rings is 2. The molecule has 1 N–H and O–H groups in total. The van der Waals surface area contributed by atoms with E-state index in [1.54, 1.807) is 12.1 Å². The van der Waals surface area contributed by atoms with Crippen molar-refractivity contribution in [3.8, 4) is 11.4 Å². The molecular formula is C20H17Cl2N5O2S. The molecule has 3 aromatic rings. The van der Waals surface area contributed by atoms with Crippen LogP contribution in [0.1, 0.15) is 5.56 Å². The summed E-state index contributed by atoms with van der Waals surface area (Å²) in [6.45, 7) is 0.894. The number of rotatable bonds is 7. The summed E-state index contributed by atoms with van der Waals surface area (Å²) in [5.41, 5.74) is 1.81. The number of amides is 3. The molecule has 0 saturated carbocycles. The summed E-state index contributed by atoms with van der Waals surface area (Å²) in [6.07, 6.45) is 0. The number of imide groups is 1. The average molecular weight is 462 g/mol. The van der Waals surface area contributed by atoms with Crippen LogP contribution in [0, 0.1) is 0 Å². The van der Waals surface area contributed by atoms with Crippen LogP contribution in [0.4, 0.5) is 4.79 Å². The normalized spacial score (nSPS) is 13.7. The summed E-state index contributed by atoms with van der Waals surface area (Å²) < 4.78 is 1.97. The topological polar surface area (TPSA) is 80.1 Å². The third-order valence-electron chi connectivity index (χ3n) is 4.56. The standard InChI is InChI=1S/C20H17Cl2N5O2S/c21-14-6-7-15(16(22)10-14)18-24-25-20(27(18)12-13-4-2-1-3-5-13)30-9-8-26-17(28)11-23-19(26)29/h1-7,10H,8-9,11-12H2,(H,23,29). The van der Waals surface area contributed by atoms with Gasteiger partial charge in [0.25, 0.3) is 0 Å². The molecule has 7 nitrogen and oxygen atoms in total. The number of hydrogen-bond donors (Lipinski definition) is 1. The van der Waals surface area contributed by atoms with Crippen molar-refractivity contribution in [1.82, 2.24) is 25.0 Å². The number of nitrogens with one attached hydrogen (secondary N) is 1. The van der Waals surface area contributed by atoms with E-state index in [-0.39, 0.29) is 18.5 Å². The van der Waals surface area contributed by atoms with E-state index in [1.165, 1.54) is 16.7 Å². The number of carbonyl (C=O) groups excluding carboxylic acids is 2. The van der Waals surface area contributed by atoms with Gasteiger partial charge in [-0.05, 0) is 23.8 Å². The minimum absolute atomic E-state index is 0.0485. The summed E-state index contributed by atoms with van der Waals surface area (Å²) in [7, 11) is 0. The first kappa shape index (κ1) is 20.7. The molecule has 0 spiro atoms. The van der Waals surface area contributed by atoms with Gasteiger partial charge in [-0.1, -0.05) is 65.3 Å². The Kier molecular flexibility index (Phi) is 6.26. The molecule has 1 saturated heterocycles. The number of thioether (sulfide) groups is 1. The fraction of sp³-hybridized carbons (Fsp3) is 0.200. The van der Waals surface area contributed by atoms with Crippen molar-refractivity contribution in [2.24, 2.45) is 0 Å². The molecule has 2 aromatic carbocycles. The van der Waals surface area contributed by atoms with Crippen LogP contribution in [0.5, 0.6) is 0 Å². The van der Waals surface area contributed by atoms with Gasteiger partial charge in [0.15, 0.2) is 11.0 Å². The quantitative estimate of drug-likeness (QED) is 0.425. The highest BCUT2D eigenvalue weighted by atomic mass is 35.5. The molecule has 2 heterocycles. The van der Waals surface area contributed by atoms with E-state index < -0.39 is 0 Å². The summed E-state index contributed by atoms with van der Waals surface area (Å²) >= 11 is 13.9. The van der Waals surface area contributed by atoms with Gasteiger partial charge in [0.1, 0.15) is 0 Å². The van der Waals surface area contributed by atoms with E-state index in [9.17, 15) is 9.59 Å². The highest BCUT2D eigenvalue weighted by Gasteiger charge is 2.28. The molecule has 0 bridgehead atoms. The Balaban J connectivity index is 1.60. The van der Waals surface area contributed by atoms with Crippen molar-refractivity contribution in [3.05, 3.63) is 64.1 Å². The first-order chi connectivity index (χ1) is 14.5. The van der Waals surface area contributed by atoms with Crippen molar-refractivity contribution in [2.45, 2.75) is 11.7 Å². The molecule has 10 heteroatoms. The molecule has 1 fully saturated rings. The van der Waals surface area contributed by atoms with Crippen molar-refractivity contribution >= 4 is 46.9 Å². The Morgan fingerprint density at radius 2 is 1.87 bits per heavy atom. The minimum Gasteiger partial charge on any atom is -0.329 e. The van der Waals surface area contributed by atoms with Gasteiger partial charge in [0, 0.05) is 22.9 Å². The third-order valence-corrected chi connectivity index (χ3v) is 6.05. The lowest BCUT2D eigenvalue weighted by Gasteiger charge is -2.13. The van der Waals surface area contributed by atoms with Crippen LogP contribution >= 0.6 is 35.0 Å². The van der Waals surface area contributed by atoms with E-state index in [1.807, 2.05) is 41.0 Å². The highest BCUT2D eigenvalue weighted by molar-refractivity contribution is 7.99. The third kappa shape index (κ3) is 4.45. The molecule has 30 heavy (non-hydrogen) atoms. The van der Waals surface area contributed by atoms with Crippen LogP contribution in [0.15, 0.2) is 53.7 Å². The van der Waals surface area contributed by atoms with Gasteiger partial charge in [-0.25, -0.2) is 4.79 Å². The fourth-order valence-corrected chi connectivity index (χ4v) is 4.44. The highest BCUT2D eigenvalue weighted by Crippen LogP contribution is 2.32. The first-order valence-electron chi connectivity index (χ1n) is 9.16. The molecule has 1 aliphatic heterocycles. The molecule has 0 aliphatic carbocycles. The molecule has 1 aliphatic rings. The van der Waals surface area contributed by atoms with E-state index in [0.717, 1.165) is 11.1 Å². The van der Waals surface area contributed by atoms with Gasteiger partial charge >= 0.3 is 6.03 Å².